The second-order valence-electron chi connectivity index (χ2n) is 7.21. The van der Waals surface area contributed by atoms with Crippen molar-refractivity contribution in [1.29, 1.82) is 0 Å². The predicted molar refractivity (Wildman–Crippen MR) is 101 cm³/mol. The van der Waals surface area contributed by atoms with Crippen molar-refractivity contribution >= 4 is 17.7 Å². The molecule has 5 nitrogen and oxygen atoms in total. The summed E-state index contributed by atoms with van der Waals surface area (Å²) in [7, 11) is 0. The fraction of sp³-hybridized carbons (Fsp3) is 0.318. The molecule has 4 rings (SSSR count). The lowest BCUT2D eigenvalue weighted by molar-refractivity contribution is -0.131. The zero-order chi connectivity index (χ0) is 19.0. The van der Waals surface area contributed by atoms with Crippen LogP contribution in [-0.4, -0.2) is 29.2 Å². The third kappa shape index (κ3) is 2.83. The summed E-state index contributed by atoms with van der Waals surface area (Å²) in [5, 5.41) is 2.82. The van der Waals surface area contributed by atoms with E-state index in [2.05, 4.69) is 5.32 Å². The number of imide groups is 1. The summed E-state index contributed by atoms with van der Waals surface area (Å²) in [6.45, 7) is 1.62. The molecule has 27 heavy (non-hydrogen) atoms. The molecule has 0 bridgehead atoms. The molecule has 1 fully saturated rings. The number of urea groups is 1. The van der Waals surface area contributed by atoms with Crippen molar-refractivity contribution in [2.45, 2.75) is 38.1 Å². The molecule has 1 N–H and O–H groups in total. The second-order valence-corrected chi connectivity index (χ2v) is 7.21. The first kappa shape index (κ1) is 17.5. The molecule has 1 heterocycles. The van der Waals surface area contributed by atoms with Crippen molar-refractivity contribution in [3.8, 4) is 0 Å². The van der Waals surface area contributed by atoms with E-state index in [4.69, 9.17) is 0 Å². The summed E-state index contributed by atoms with van der Waals surface area (Å²) >= 11 is 0. The maximum Gasteiger partial charge on any atom is 0.325 e. The summed E-state index contributed by atoms with van der Waals surface area (Å²) in [4.78, 5) is 39.4. The normalized spacial score (nSPS) is 21.3. The van der Waals surface area contributed by atoms with Crippen molar-refractivity contribution in [2.24, 2.45) is 0 Å². The van der Waals surface area contributed by atoms with Gasteiger partial charge < -0.3 is 5.32 Å². The number of amides is 3. The highest BCUT2D eigenvalue weighted by Gasteiger charge is 2.51. The lowest BCUT2D eigenvalue weighted by Crippen LogP contribution is -2.43. The third-order valence-corrected chi connectivity index (χ3v) is 5.69. The Morgan fingerprint density at radius 1 is 1.07 bits per heavy atom. The van der Waals surface area contributed by atoms with Crippen LogP contribution in [0.3, 0.4) is 0 Å². The van der Waals surface area contributed by atoms with Crippen LogP contribution in [0, 0.1) is 0 Å². The quantitative estimate of drug-likeness (QED) is 0.656. The maximum absolute atomic E-state index is 13.1. The molecule has 5 heteroatoms. The van der Waals surface area contributed by atoms with E-state index in [1.807, 2.05) is 49.4 Å². The number of aryl methyl sites for hydroxylation is 2. The molecular formula is C22H22N2O3. The number of benzene rings is 2. The summed E-state index contributed by atoms with van der Waals surface area (Å²) in [6, 6.07) is 14.4. The molecule has 0 saturated carbocycles. The fourth-order valence-electron chi connectivity index (χ4n) is 4.11. The van der Waals surface area contributed by atoms with Gasteiger partial charge in [0.15, 0.2) is 5.78 Å². The van der Waals surface area contributed by atoms with Crippen LogP contribution in [0.1, 0.15) is 46.8 Å². The number of carbonyl (C=O) groups excluding carboxylic acids is 3. The van der Waals surface area contributed by atoms with E-state index < -0.39 is 11.6 Å². The molecule has 2 aromatic rings. The van der Waals surface area contributed by atoms with Gasteiger partial charge in [-0.2, -0.15) is 0 Å². The number of fused-ring (bicyclic) bond motifs is 1. The molecule has 0 spiro atoms. The van der Waals surface area contributed by atoms with Crippen LogP contribution in [0.25, 0.3) is 0 Å². The van der Waals surface area contributed by atoms with Gasteiger partial charge in [0.05, 0.1) is 6.54 Å². The minimum atomic E-state index is -1.10. The number of carbonyl (C=O) groups is 3. The van der Waals surface area contributed by atoms with Gasteiger partial charge in [0, 0.05) is 5.56 Å². The monoisotopic (exact) mass is 362 g/mol. The summed E-state index contributed by atoms with van der Waals surface area (Å²) in [5.41, 5.74) is 2.68. The molecule has 3 amide bonds. The first-order chi connectivity index (χ1) is 13.0. The van der Waals surface area contributed by atoms with E-state index in [9.17, 15) is 14.4 Å². The van der Waals surface area contributed by atoms with Gasteiger partial charge in [-0.3, -0.25) is 14.5 Å². The van der Waals surface area contributed by atoms with Crippen LogP contribution in [0.2, 0.25) is 0 Å². The highest BCUT2D eigenvalue weighted by Crippen LogP contribution is 2.32. The van der Waals surface area contributed by atoms with Crippen LogP contribution >= 0.6 is 0 Å². The van der Waals surface area contributed by atoms with Crippen LogP contribution in [0.4, 0.5) is 4.79 Å². The smallest absolute Gasteiger partial charge is 0.319 e. The Bertz CT molecular complexity index is 922. The molecular weight excluding hydrogens is 340 g/mol. The van der Waals surface area contributed by atoms with Crippen molar-refractivity contribution in [1.82, 2.24) is 10.2 Å². The number of hydrogen-bond donors (Lipinski definition) is 1. The van der Waals surface area contributed by atoms with E-state index >= 15 is 0 Å². The Morgan fingerprint density at radius 2 is 1.81 bits per heavy atom. The number of ketones is 1. The molecule has 1 atom stereocenters. The molecule has 1 saturated heterocycles. The zero-order valence-corrected chi connectivity index (χ0v) is 15.3. The lowest BCUT2D eigenvalue weighted by Gasteiger charge is -2.25. The lowest BCUT2D eigenvalue weighted by atomic mass is 9.87. The minimum Gasteiger partial charge on any atom is -0.319 e. The molecule has 2 aromatic carbocycles. The largest absolute Gasteiger partial charge is 0.325 e. The highest BCUT2D eigenvalue weighted by molar-refractivity contribution is 6.11. The molecule has 0 unspecified atom stereocenters. The molecule has 2 aliphatic rings. The molecule has 1 aliphatic carbocycles. The predicted octanol–water partition coefficient (Wildman–Crippen LogP) is 3.22. The first-order valence-corrected chi connectivity index (χ1v) is 9.40. The summed E-state index contributed by atoms with van der Waals surface area (Å²) < 4.78 is 0. The van der Waals surface area contributed by atoms with Gasteiger partial charge in [0.1, 0.15) is 5.54 Å². The average molecular weight is 362 g/mol. The van der Waals surface area contributed by atoms with Gasteiger partial charge >= 0.3 is 6.03 Å². The second kappa shape index (κ2) is 6.65. The summed E-state index contributed by atoms with van der Waals surface area (Å²) in [5.74, 6) is -0.580. The zero-order valence-electron chi connectivity index (χ0n) is 15.3. The number of Topliss-reactive ketones (excluding diaryl/α,β-unsaturated/α-hetero) is 1. The van der Waals surface area contributed by atoms with Crippen molar-refractivity contribution in [3.05, 3.63) is 70.8 Å². The Balaban J connectivity index is 1.58. The van der Waals surface area contributed by atoms with E-state index in [0.717, 1.165) is 29.7 Å². The van der Waals surface area contributed by atoms with E-state index in [0.29, 0.717) is 12.0 Å². The average Bonchev–Trinajstić information content (AvgIpc) is 3.26. The SMILES string of the molecule is CC[C@@]1(c2ccccc2)NC(=O)N(CC(=O)c2ccc3c(c2)CCC3)C1=O. The first-order valence-electron chi connectivity index (χ1n) is 9.40. The van der Waals surface area contributed by atoms with E-state index in [1.165, 1.54) is 11.1 Å². The molecule has 0 radical (unpaired) electrons. The Kier molecular flexibility index (Phi) is 4.30. The third-order valence-electron chi connectivity index (χ3n) is 5.69. The minimum absolute atomic E-state index is 0.215. The topological polar surface area (TPSA) is 66.5 Å². The van der Waals surface area contributed by atoms with Crippen molar-refractivity contribution in [3.63, 3.8) is 0 Å². The van der Waals surface area contributed by atoms with Crippen LogP contribution in [0.15, 0.2) is 48.5 Å². The van der Waals surface area contributed by atoms with E-state index in [-0.39, 0.29) is 18.2 Å². The number of nitrogens with one attached hydrogen (secondary N) is 1. The Morgan fingerprint density at radius 3 is 2.56 bits per heavy atom. The van der Waals surface area contributed by atoms with Crippen LogP contribution in [-0.2, 0) is 23.2 Å². The van der Waals surface area contributed by atoms with Gasteiger partial charge in [0.2, 0.25) is 0 Å². The number of hydrogen-bond acceptors (Lipinski definition) is 3. The molecule has 0 aromatic heterocycles. The van der Waals surface area contributed by atoms with Gasteiger partial charge in [-0.15, -0.1) is 0 Å². The number of nitrogens with zero attached hydrogens (tertiary/aromatic N) is 1. The van der Waals surface area contributed by atoms with Crippen molar-refractivity contribution < 1.29 is 14.4 Å². The fourth-order valence-corrected chi connectivity index (χ4v) is 4.11. The van der Waals surface area contributed by atoms with Gasteiger partial charge in [-0.1, -0.05) is 49.4 Å². The van der Waals surface area contributed by atoms with Gasteiger partial charge in [-0.05, 0) is 48.4 Å². The maximum atomic E-state index is 13.1. The van der Waals surface area contributed by atoms with Crippen molar-refractivity contribution in [2.75, 3.05) is 6.54 Å². The number of rotatable bonds is 5. The standard InChI is InChI=1S/C22H22N2O3/c1-2-22(18-9-4-3-5-10-18)20(26)24(21(27)23-22)14-19(25)17-12-11-15-7-6-8-16(15)13-17/h3-5,9-13H,2,6-8,14H2,1H3,(H,23,27)/t22-/m0/s1. The van der Waals surface area contributed by atoms with E-state index in [1.54, 1.807) is 6.07 Å². The van der Waals surface area contributed by atoms with Gasteiger partial charge in [-0.25, -0.2) is 4.79 Å². The van der Waals surface area contributed by atoms with Crippen LogP contribution < -0.4 is 5.32 Å². The Labute approximate surface area is 158 Å². The summed E-state index contributed by atoms with van der Waals surface area (Å²) in [6.07, 6.45) is 3.56. The molecule has 138 valence electrons. The molecule has 1 aliphatic heterocycles. The van der Waals surface area contributed by atoms with Crippen LogP contribution in [0.5, 0.6) is 0 Å². The Hall–Kier alpha value is -2.95. The van der Waals surface area contributed by atoms with Gasteiger partial charge in [0.25, 0.3) is 5.91 Å². The highest BCUT2D eigenvalue weighted by atomic mass is 16.2.